The molecule has 0 bridgehead atoms. The van der Waals surface area contributed by atoms with Crippen LogP contribution in [0.4, 0.5) is 5.95 Å². The molecule has 8 heteroatoms. The molecule has 26 heavy (non-hydrogen) atoms. The van der Waals surface area contributed by atoms with Crippen LogP contribution in [0.5, 0.6) is 0 Å². The molecule has 1 N–H and O–H groups in total. The molecule has 0 fully saturated rings. The molecule has 4 aromatic rings. The topological polar surface area (TPSA) is 59.3 Å². The first-order valence-corrected chi connectivity index (χ1v) is 9.32. The van der Waals surface area contributed by atoms with Gasteiger partial charge in [-0.3, -0.25) is 10.1 Å². The van der Waals surface area contributed by atoms with Crippen molar-refractivity contribution in [2.24, 2.45) is 0 Å². The first kappa shape index (κ1) is 17.0. The molecule has 0 atom stereocenters. The van der Waals surface area contributed by atoms with Crippen LogP contribution < -0.4 is 5.32 Å². The first-order chi connectivity index (χ1) is 12.5. The van der Waals surface area contributed by atoms with Gasteiger partial charge >= 0.3 is 0 Å². The van der Waals surface area contributed by atoms with E-state index in [1.165, 1.54) is 11.3 Å². The Morgan fingerprint density at radius 1 is 1.19 bits per heavy atom. The van der Waals surface area contributed by atoms with Crippen LogP contribution in [-0.2, 0) is 0 Å². The van der Waals surface area contributed by atoms with Gasteiger partial charge in [0.2, 0.25) is 4.96 Å². The number of aromatic nitrogens is 3. The zero-order chi connectivity index (χ0) is 18.3. The predicted molar refractivity (Wildman–Crippen MR) is 105 cm³/mol. The van der Waals surface area contributed by atoms with Crippen molar-refractivity contribution in [3.05, 3.63) is 69.0 Å². The summed E-state index contributed by atoms with van der Waals surface area (Å²) in [4.78, 5) is 17.4. The molecule has 0 radical (unpaired) electrons. The summed E-state index contributed by atoms with van der Waals surface area (Å²) < 4.78 is 1.66. The summed E-state index contributed by atoms with van der Waals surface area (Å²) in [5.41, 5.74) is 3.15. The smallest absolute Gasteiger partial charge is 0.258 e. The van der Waals surface area contributed by atoms with Gasteiger partial charge in [-0.05, 0) is 37.3 Å². The quantitative estimate of drug-likeness (QED) is 0.503. The Kier molecular flexibility index (Phi) is 4.40. The van der Waals surface area contributed by atoms with Crippen molar-refractivity contribution in [3.8, 4) is 11.3 Å². The van der Waals surface area contributed by atoms with Gasteiger partial charge < -0.3 is 0 Å². The fourth-order valence-electron chi connectivity index (χ4n) is 2.58. The van der Waals surface area contributed by atoms with Crippen LogP contribution in [0.2, 0.25) is 10.0 Å². The molecule has 0 spiro atoms. The molecule has 1 amide bonds. The van der Waals surface area contributed by atoms with Crippen molar-refractivity contribution in [3.63, 3.8) is 0 Å². The maximum Gasteiger partial charge on any atom is 0.258 e. The highest BCUT2D eigenvalue weighted by Gasteiger charge is 2.16. The van der Waals surface area contributed by atoms with E-state index >= 15 is 0 Å². The highest BCUT2D eigenvalue weighted by atomic mass is 35.5. The maximum absolute atomic E-state index is 12.4. The monoisotopic (exact) mass is 402 g/mol. The minimum absolute atomic E-state index is 0.245. The normalized spacial score (nSPS) is 11.0. The molecule has 2 heterocycles. The van der Waals surface area contributed by atoms with Crippen LogP contribution in [0.3, 0.4) is 0 Å². The Morgan fingerprint density at radius 2 is 2.04 bits per heavy atom. The number of hydrogen-bond acceptors (Lipinski definition) is 4. The second kappa shape index (κ2) is 6.72. The number of carbonyl (C=O) groups is 1. The third kappa shape index (κ3) is 3.19. The molecule has 0 saturated carbocycles. The van der Waals surface area contributed by atoms with Crippen LogP contribution in [0.25, 0.3) is 16.2 Å². The number of nitrogens with zero attached hydrogens (tertiary/aromatic N) is 3. The minimum Gasteiger partial charge on any atom is -0.289 e. The SMILES string of the molecule is Cc1cccc(C(=O)Nc2nc3scc(-c4ccc(Cl)cc4Cl)n3n2)c1. The number of thiazole rings is 1. The standard InChI is InChI=1S/C18H12Cl2N4OS/c1-10-3-2-4-11(7-10)16(25)21-17-22-18-24(23-17)15(9-26-18)13-6-5-12(19)8-14(13)20/h2-9H,1H3,(H,21,23,25). The summed E-state index contributed by atoms with van der Waals surface area (Å²) in [6, 6.07) is 12.6. The van der Waals surface area contributed by atoms with Gasteiger partial charge in [0.1, 0.15) is 0 Å². The van der Waals surface area contributed by atoms with Crippen LogP contribution in [-0.4, -0.2) is 20.5 Å². The highest BCUT2D eigenvalue weighted by molar-refractivity contribution is 7.15. The Labute approximate surface area is 163 Å². The van der Waals surface area contributed by atoms with E-state index in [4.69, 9.17) is 23.2 Å². The van der Waals surface area contributed by atoms with Crippen molar-refractivity contribution < 1.29 is 4.79 Å². The minimum atomic E-state index is -0.252. The number of hydrogen-bond donors (Lipinski definition) is 1. The number of halogens is 2. The third-order valence-corrected chi connectivity index (χ3v) is 5.16. The molecular weight excluding hydrogens is 391 g/mol. The van der Waals surface area contributed by atoms with E-state index < -0.39 is 0 Å². The molecule has 0 unspecified atom stereocenters. The molecule has 0 saturated heterocycles. The second-order valence-corrected chi connectivity index (χ2v) is 7.38. The summed E-state index contributed by atoms with van der Waals surface area (Å²) >= 11 is 13.7. The van der Waals surface area contributed by atoms with E-state index in [2.05, 4.69) is 15.4 Å². The molecule has 0 aliphatic carbocycles. The summed E-state index contributed by atoms with van der Waals surface area (Å²) in [5.74, 6) is -0.00674. The predicted octanol–water partition coefficient (Wildman–Crippen LogP) is 5.33. The lowest BCUT2D eigenvalue weighted by molar-refractivity contribution is 0.102. The Hall–Kier alpha value is -2.41. The fourth-order valence-corrected chi connectivity index (χ4v) is 3.90. The van der Waals surface area contributed by atoms with E-state index in [0.717, 1.165) is 16.8 Å². The Morgan fingerprint density at radius 3 is 2.81 bits per heavy atom. The fraction of sp³-hybridized carbons (Fsp3) is 0.0556. The Bertz CT molecular complexity index is 1140. The largest absolute Gasteiger partial charge is 0.289 e. The summed E-state index contributed by atoms with van der Waals surface area (Å²) in [6.07, 6.45) is 0. The van der Waals surface area contributed by atoms with Gasteiger partial charge in [-0.1, -0.05) is 40.9 Å². The van der Waals surface area contributed by atoms with Gasteiger partial charge in [-0.2, -0.15) is 4.98 Å². The maximum atomic E-state index is 12.4. The molecule has 4 rings (SSSR count). The van der Waals surface area contributed by atoms with E-state index in [1.54, 1.807) is 22.7 Å². The molecule has 2 aromatic heterocycles. The van der Waals surface area contributed by atoms with Crippen molar-refractivity contribution >= 4 is 51.4 Å². The van der Waals surface area contributed by atoms with Gasteiger partial charge in [0.05, 0.1) is 10.7 Å². The zero-order valence-corrected chi connectivity index (χ0v) is 15.9. The number of aryl methyl sites for hydroxylation is 1. The number of benzene rings is 2. The van der Waals surface area contributed by atoms with Crippen molar-refractivity contribution in [1.82, 2.24) is 14.6 Å². The summed E-state index contributed by atoms with van der Waals surface area (Å²) in [7, 11) is 0. The molecule has 5 nitrogen and oxygen atoms in total. The van der Waals surface area contributed by atoms with E-state index in [9.17, 15) is 4.79 Å². The van der Waals surface area contributed by atoms with Gasteiger partial charge in [0.15, 0.2) is 0 Å². The number of anilines is 1. The van der Waals surface area contributed by atoms with E-state index in [0.29, 0.717) is 20.6 Å². The van der Waals surface area contributed by atoms with E-state index in [-0.39, 0.29) is 11.9 Å². The number of fused-ring (bicyclic) bond motifs is 1. The van der Waals surface area contributed by atoms with Crippen LogP contribution in [0.1, 0.15) is 15.9 Å². The second-order valence-electron chi connectivity index (χ2n) is 5.70. The summed E-state index contributed by atoms with van der Waals surface area (Å²) in [5, 5.41) is 10.1. The van der Waals surface area contributed by atoms with Crippen molar-refractivity contribution in [2.45, 2.75) is 6.92 Å². The number of rotatable bonds is 3. The Balaban J connectivity index is 1.67. The van der Waals surface area contributed by atoms with Gasteiger partial charge in [0, 0.05) is 21.5 Å². The van der Waals surface area contributed by atoms with Gasteiger partial charge in [-0.25, -0.2) is 4.52 Å². The van der Waals surface area contributed by atoms with Crippen LogP contribution in [0, 0.1) is 6.92 Å². The van der Waals surface area contributed by atoms with Gasteiger partial charge in [0.25, 0.3) is 11.9 Å². The number of amides is 1. The lowest BCUT2D eigenvalue weighted by atomic mass is 10.1. The third-order valence-electron chi connectivity index (χ3n) is 3.79. The van der Waals surface area contributed by atoms with Gasteiger partial charge in [-0.15, -0.1) is 16.4 Å². The first-order valence-electron chi connectivity index (χ1n) is 7.69. The molecule has 0 aliphatic heterocycles. The number of carbonyl (C=O) groups excluding carboxylic acids is 1. The summed E-state index contributed by atoms with van der Waals surface area (Å²) in [6.45, 7) is 1.93. The molecule has 130 valence electrons. The van der Waals surface area contributed by atoms with E-state index in [1.807, 2.05) is 36.6 Å². The average molecular weight is 403 g/mol. The van der Waals surface area contributed by atoms with Crippen LogP contribution in [0.15, 0.2) is 47.8 Å². The lowest BCUT2D eigenvalue weighted by Gasteiger charge is -2.03. The van der Waals surface area contributed by atoms with Crippen molar-refractivity contribution in [1.29, 1.82) is 0 Å². The molecule has 0 aliphatic rings. The highest BCUT2D eigenvalue weighted by Crippen LogP contribution is 2.33. The number of nitrogens with one attached hydrogen (secondary N) is 1. The molecular formula is C18H12Cl2N4OS. The average Bonchev–Trinajstić information content (AvgIpc) is 3.15. The molecule has 2 aromatic carbocycles. The zero-order valence-electron chi connectivity index (χ0n) is 13.5. The van der Waals surface area contributed by atoms with Crippen molar-refractivity contribution in [2.75, 3.05) is 5.32 Å². The lowest BCUT2D eigenvalue weighted by Crippen LogP contribution is -2.13. The van der Waals surface area contributed by atoms with Crippen LogP contribution >= 0.6 is 34.5 Å².